The monoisotopic (exact) mass is 435 g/mol. The van der Waals surface area contributed by atoms with Crippen LogP contribution in [0.2, 0.25) is 0 Å². The fourth-order valence-corrected chi connectivity index (χ4v) is 5.47. The highest BCUT2D eigenvalue weighted by atomic mass is 16.5. The Morgan fingerprint density at radius 3 is 2.69 bits per heavy atom. The summed E-state index contributed by atoms with van der Waals surface area (Å²) in [5.41, 5.74) is 1.52. The minimum absolute atomic E-state index is 0.0206. The van der Waals surface area contributed by atoms with Gasteiger partial charge in [0.05, 0.1) is 12.5 Å². The van der Waals surface area contributed by atoms with Gasteiger partial charge in [-0.2, -0.15) is 0 Å². The summed E-state index contributed by atoms with van der Waals surface area (Å²) in [4.78, 5) is 31.2. The van der Waals surface area contributed by atoms with E-state index in [1.165, 1.54) is 12.8 Å². The van der Waals surface area contributed by atoms with E-state index in [4.69, 9.17) is 9.40 Å². The molecule has 7 heteroatoms. The first-order chi connectivity index (χ1) is 15.6. The fraction of sp³-hybridized carbons (Fsp3) is 0.480. The van der Waals surface area contributed by atoms with E-state index in [2.05, 4.69) is 6.07 Å². The Morgan fingerprint density at radius 2 is 1.94 bits per heavy atom. The molecule has 0 radical (unpaired) electrons. The quantitative estimate of drug-likeness (QED) is 0.331. The van der Waals surface area contributed by atoms with Crippen molar-refractivity contribution < 1.29 is 19.2 Å². The Hall–Kier alpha value is -2.93. The Morgan fingerprint density at radius 1 is 1.19 bits per heavy atom. The van der Waals surface area contributed by atoms with E-state index in [-0.39, 0.29) is 18.5 Å². The van der Waals surface area contributed by atoms with Crippen LogP contribution in [0, 0.1) is 11.8 Å². The van der Waals surface area contributed by atoms with Crippen LogP contribution in [0.4, 0.5) is 0 Å². The number of hydroxylamine groups is 2. The van der Waals surface area contributed by atoms with E-state index in [1.54, 1.807) is 0 Å². The Balaban J connectivity index is 1.41. The van der Waals surface area contributed by atoms with E-state index in [0.29, 0.717) is 36.2 Å². The maximum absolute atomic E-state index is 13.6. The van der Waals surface area contributed by atoms with Crippen molar-refractivity contribution in [3.05, 3.63) is 42.3 Å². The number of fused-ring (bicyclic) bond motifs is 2. The lowest BCUT2D eigenvalue weighted by Crippen LogP contribution is -2.41. The molecule has 2 amide bonds. The number of carbonyl (C=O) groups is 2. The topological polar surface area (TPSA) is 86.9 Å². The number of benzene rings is 2. The summed E-state index contributed by atoms with van der Waals surface area (Å²) in [5, 5.41) is 12.6. The van der Waals surface area contributed by atoms with Crippen LogP contribution in [0.25, 0.3) is 21.9 Å². The number of nitrogens with zero attached hydrogens (tertiary/aromatic N) is 3. The number of oxazole rings is 1. The summed E-state index contributed by atoms with van der Waals surface area (Å²) in [5.74, 6) is 0.604. The van der Waals surface area contributed by atoms with E-state index in [9.17, 15) is 14.8 Å². The SMILES string of the molecule is O=CN(O)C[C@@H](CC1CCCC1)C(=O)N1CCC[C@H]1c1nc2cc3ccccc3cc2o1. The van der Waals surface area contributed by atoms with Crippen molar-refractivity contribution in [1.29, 1.82) is 0 Å². The second-order valence-electron chi connectivity index (χ2n) is 9.22. The molecule has 168 valence electrons. The summed E-state index contributed by atoms with van der Waals surface area (Å²) in [6.45, 7) is 0.666. The largest absolute Gasteiger partial charge is 0.438 e. The average molecular weight is 436 g/mol. The highest BCUT2D eigenvalue weighted by molar-refractivity contribution is 5.94. The molecule has 2 fully saturated rings. The molecule has 7 nitrogen and oxygen atoms in total. The maximum Gasteiger partial charge on any atom is 0.233 e. The standard InChI is InChI=1S/C25H29N3O4/c29-16-27(31)15-20(12-17-6-1-2-7-17)25(30)28-11-5-10-22(28)24-26-21-13-18-8-3-4-9-19(18)14-23(21)32-24/h3-4,8-9,13-14,16-17,20,22,31H,1-2,5-7,10-12,15H2/t20-,22+/m1/s1. The Labute approximate surface area is 186 Å². The van der Waals surface area contributed by atoms with Crippen molar-refractivity contribution in [3.63, 3.8) is 0 Å². The maximum atomic E-state index is 13.6. The lowest BCUT2D eigenvalue weighted by molar-refractivity contribution is -0.157. The minimum atomic E-state index is -0.416. The van der Waals surface area contributed by atoms with Crippen molar-refractivity contribution in [3.8, 4) is 0 Å². The molecule has 2 atom stereocenters. The van der Waals surface area contributed by atoms with Crippen LogP contribution < -0.4 is 0 Å². The lowest BCUT2D eigenvalue weighted by Gasteiger charge is -2.29. The molecule has 3 aromatic rings. The van der Waals surface area contributed by atoms with Gasteiger partial charge in [-0.15, -0.1) is 0 Å². The van der Waals surface area contributed by atoms with Crippen molar-refractivity contribution in [2.45, 2.75) is 51.0 Å². The van der Waals surface area contributed by atoms with E-state index < -0.39 is 5.92 Å². The Bertz CT molecular complexity index is 1070. The van der Waals surface area contributed by atoms with Gasteiger partial charge in [0.2, 0.25) is 18.2 Å². The van der Waals surface area contributed by atoms with Gasteiger partial charge in [0, 0.05) is 6.54 Å². The van der Waals surface area contributed by atoms with Gasteiger partial charge < -0.3 is 9.32 Å². The third-order valence-corrected chi connectivity index (χ3v) is 7.06. The van der Waals surface area contributed by atoms with Gasteiger partial charge in [0.1, 0.15) is 11.6 Å². The summed E-state index contributed by atoms with van der Waals surface area (Å²) in [6, 6.07) is 11.9. The molecule has 1 aliphatic heterocycles. The predicted molar refractivity (Wildman–Crippen MR) is 120 cm³/mol. The molecule has 0 unspecified atom stereocenters. The van der Waals surface area contributed by atoms with Crippen molar-refractivity contribution >= 4 is 34.2 Å². The Kier molecular flexibility index (Phi) is 5.83. The fourth-order valence-electron chi connectivity index (χ4n) is 5.47. The molecular formula is C25H29N3O4. The normalized spacial score (nSPS) is 20.3. The zero-order valence-corrected chi connectivity index (χ0v) is 18.2. The number of hydrogen-bond donors (Lipinski definition) is 1. The molecular weight excluding hydrogens is 406 g/mol. The highest BCUT2D eigenvalue weighted by Crippen LogP contribution is 2.37. The van der Waals surface area contributed by atoms with Crippen LogP contribution >= 0.6 is 0 Å². The molecule has 1 saturated carbocycles. The second kappa shape index (κ2) is 8.90. The van der Waals surface area contributed by atoms with Gasteiger partial charge in [-0.05, 0) is 48.1 Å². The minimum Gasteiger partial charge on any atom is -0.438 e. The summed E-state index contributed by atoms with van der Waals surface area (Å²) in [6.07, 6.45) is 7.34. The van der Waals surface area contributed by atoms with Gasteiger partial charge in [-0.25, -0.2) is 10.0 Å². The summed E-state index contributed by atoms with van der Waals surface area (Å²) < 4.78 is 6.13. The first-order valence-electron chi connectivity index (χ1n) is 11.6. The van der Waals surface area contributed by atoms with Gasteiger partial charge in [0.15, 0.2) is 5.58 Å². The van der Waals surface area contributed by atoms with Crippen LogP contribution in [0.3, 0.4) is 0 Å². The van der Waals surface area contributed by atoms with Crippen molar-refractivity contribution in [2.24, 2.45) is 11.8 Å². The number of aromatic nitrogens is 1. The van der Waals surface area contributed by atoms with Crippen LogP contribution in [0.15, 0.2) is 40.8 Å². The molecule has 1 aromatic heterocycles. The average Bonchev–Trinajstić information content (AvgIpc) is 3.56. The number of hydrogen-bond acceptors (Lipinski definition) is 5. The van der Waals surface area contributed by atoms with E-state index in [1.807, 2.05) is 35.2 Å². The molecule has 5 rings (SSSR count). The molecule has 0 bridgehead atoms. The molecule has 2 aromatic carbocycles. The molecule has 2 aliphatic rings. The van der Waals surface area contributed by atoms with Gasteiger partial charge in [-0.3, -0.25) is 14.8 Å². The van der Waals surface area contributed by atoms with E-state index >= 15 is 0 Å². The third-order valence-electron chi connectivity index (χ3n) is 7.06. The number of rotatable bonds is 7. The van der Waals surface area contributed by atoms with Crippen LogP contribution in [-0.2, 0) is 9.59 Å². The van der Waals surface area contributed by atoms with Crippen molar-refractivity contribution in [2.75, 3.05) is 13.1 Å². The number of amides is 2. The molecule has 2 heterocycles. The molecule has 0 spiro atoms. The summed E-state index contributed by atoms with van der Waals surface area (Å²) in [7, 11) is 0. The lowest BCUT2D eigenvalue weighted by atomic mass is 9.91. The third kappa shape index (κ3) is 4.09. The number of carbonyl (C=O) groups excluding carboxylic acids is 2. The molecule has 1 saturated heterocycles. The molecule has 1 N–H and O–H groups in total. The highest BCUT2D eigenvalue weighted by Gasteiger charge is 2.38. The predicted octanol–water partition coefficient (Wildman–Crippen LogP) is 4.69. The zero-order valence-electron chi connectivity index (χ0n) is 18.2. The first-order valence-corrected chi connectivity index (χ1v) is 11.6. The first kappa shape index (κ1) is 20.9. The zero-order chi connectivity index (χ0) is 22.1. The van der Waals surface area contributed by atoms with E-state index in [0.717, 1.165) is 47.6 Å². The smallest absolute Gasteiger partial charge is 0.233 e. The summed E-state index contributed by atoms with van der Waals surface area (Å²) >= 11 is 0. The van der Waals surface area contributed by atoms with Crippen LogP contribution in [0.1, 0.15) is 56.9 Å². The molecule has 1 aliphatic carbocycles. The van der Waals surface area contributed by atoms with Crippen LogP contribution in [-0.4, -0.2) is 45.6 Å². The molecule has 32 heavy (non-hydrogen) atoms. The van der Waals surface area contributed by atoms with Crippen LogP contribution in [0.5, 0.6) is 0 Å². The van der Waals surface area contributed by atoms with Gasteiger partial charge in [-0.1, -0.05) is 49.9 Å². The second-order valence-corrected chi connectivity index (χ2v) is 9.22. The van der Waals surface area contributed by atoms with Gasteiger partial charge >= 0.3 is 0 Å². The van der Waals surface area contributed by atoms with Crippen molar-refractivity contribution in [1.82, 2.24) is 14.9 Å². The number of likely N-dealkylation sites (tertiary alicyclic amines) is 1. The van der Waals surface area contributed by atoms with Gasteiger partial charge in [0.25, 0.3) is 0 Å².